The molecule has 0 aliphatic heterocycles. The van der Waals surface area contributed by atoms with Gasteiger partial charge in [0.1, 0.15) is 0 Å². The van der Waals surface area contributed by atoms with E-state index >= 15 is 0 Å². The van der Waals surface area contributed by atoms with E-state index in [4.69, 9.17) is 0 Å². The van der Waals surface area contributed by atoms with E-state index in [9.17, 15) is 5.11 Å². The number of hydrogen-bond donors (Lipinski definition) is 1. The molecule has 0 heterocycles. The summed E-state index contributed by atoms with van der Waals surface area (Å²) in [6, 6.07) is 16.8. The number of rotatable bonds is 4. The van der Waals surface area contributed by atoms with Crippen LogP contribution in [0, 0.1) is 13.8 Å². The molecule has 0 saturated carbocycles. The monoisotopic (exact) mass is 240 g/mol. The van der Waals surface area contributed by atoms with Crippen LogP contribution in [-0.4, -0.2) is 11.7 Å². The van der Waals surface area contributed by atoms with Crippen LogP contribution >= 0.6 is 0 Å². The zero-order valence-electron chi connectivity index (χ0n) is 11.1. The zero-order valence-corrected chi connectivity index (χ0v) is 11.1. The van der Waals surface area contributed by atoms with Crippen molar-refractivity contribution in [1.82, 2.24) is 0 Å². The van der Waals surface area contributed by atoms with Crippen LogP contribution in [0.1, 0.15) is 28.2 Å². The Balaban J connectivity index is 2.23. The van der Waals surface area contributed by atoms with Gasteiger partial charge in [0.15, 0.2) is 0 Å². The lowest BCUT2D eigenvalue weighted by Crippen LogP contribution is -2.08. The van der Waals surface area contributed by atoms with E-state index in [1.165, 1.54) is 22.3 Å². The minimum absolute atomic E-state index is 0.186. The lowest BCUT2D eigenvalue weighted by atomic mass is 9.90. The van der Waals surface area contributed by atoms with Gasteiger partial charge in [-0.3, -0.25) is 0 Å². The Labute approximate surface area is 109 Å². The van der Waals surface area contributed by atoms with E-state index in [2.05, 4.69) is 62.4 Å². The molecule has 0 aromatic heterocycles. The van der Waals surface area contributed by atoms with Crippen LogP contribution < -0.4 is 0 Å². The highest BCUT2D eigenvalue weighted by molar-refractivity contribution is 5.31. The lowest BCUT2D eigenvalue weighted by Gasteiger charge is -2.16. The van der Waals surface area contributed by atoms with Crippen molar-refractivity contribution in [1.29, 1.82) is 0 Å². The van der Waals surface area contributed by atoms with Gasteiger partial charge in [-0.15, -0.1) is 0 Å². The van der Waals surface area contributed by atoms with Crippen LogP contribution in [0.2, 0.25) is 0 Å². The number of aryl methyl sites for hydroxylation is 2. The molecule has 94 valence electrons. The summed E-state index contributed by atoms with van der Waals surface area (Å²) in [5, 5.41) is 9.62. The van der Waals surface area contributed by atoms with Crippen molar-refractivity contribution in [3.8, 4) is 0 Å². The molecule has 0 aliphatic carbocycles. The molecule has 2 rings (SSSR count). The van der Waals surface area contributed by atoms with Crippen molar-refractivity contribution in [2.45, 2.75) is 26.2 Å². The molecule has 0 fully saturated rings. The van der Waals surface area contributed by atoms with Crippen molar-refractivity contribution in [2.24, 2.45) is 0 Å². The Kier molecular flexibility index (Phi) is 4.16. The summed E-state index contributed by atoms with van der Waals surface area (Å²) in [6.45, 7) is 4.41. The maximum atomic E-state index is 9.62. The Morgan fingerprint density at radius 3 is 2.44 bits per heavy atom. The SMILES string of the molecule is Cc1cccc(C(CO)Cc2ccccc2C)c1. The number of aliphatic hydroxyl groups is 1. The number of aliphatic hydroxyl groups excluding tert-OH is 1. The quantitative estimate of drug-likeness (QED) is 0.865. The van der Waals surface area contributed by atoms with Crippen LogP contribution in [0.5, 0.6) is 0 Å². The van der Waals surface area contributed by atoms with E-state index in [-0.39, 0.29) is 12.5 Å². The average Bonchev–Trinajstić information content (AvgIpc) is 2.38. The lowest BCUT2D eigenvalue weighted by molar-refractivity contribution is 0.264. The molecule has 2 aromatic carbocycles. The third-order valence-electron chi connectivity index (χ3n) is 3.46. The molecule has 0 saturated heterocycles. The van der Waals surface area contributed by atoms with Crippen molar-refractivity contribution in [2.75, 3.05) is 6.61 Å². The molecule has 0 bridgehead atoms. The Hall–Kier alpha value is -1.60. The van der Waals surface area contributed by atoms with Crippen LogP contribution in [-0.2, 0) is 6.42 Å². The average molecular weight is 240 g/mol. The molecule has 1 atom stereocenters. The second-order valence-electron chi connectivity index (χ2n) is 4.92. The summed E-state index contributed by atoms with van der Waals surface area (Å²) in [7, 11) is 0. The largest absolute Gasteiger partial charge is 0.396 e. The third kappa shape index (κ3) is 2.99. The van der Waals surface area contributed by atoms with Gasteiger partial charge in [-0.25, -0.2) is 0 Å². The number of benzene rings is 2. The highest BCUT2D eigenvalue weighted by Gasteiger charge is 2.12. The van der Waals surface area contributed by atoms with E-state index < -0.39 is 0 Å². The number of hydrogen-bond acceptors (Lipinski definition) is 1. The van der Waals surface area contributed by atoms with Gasteiger partial charge in [-0.05, 0) is 37.0 Å². The molecular formula is C17H20O. The fourth-order valence-corrected chi connectivity index (χ4v) is 2.32. The predicted molar refractivity (Wildman–Crippen MR) is 75.9 cm³/mol. The molecule has 1 nitrogen and oxygen atoms in total. The molecule has 0 spiro atoms. The fourth-order valence-electron chi connectivity index (χ4n) is 2.32. The molecule has 0 amide bonds. The summed E-state index contributed by atoms with van der Waals surface area (Å²) in [4.78, 5) is 0. The zero-order chi connectivity index (χ0) is 13.0. The van der Waals surface area contributed by atoms with Crippen molar-refractivity contribution in [3.05, 3.63) is 70.8 Å². The summed E-state index contributed by atoms with van der Waals surface area (Å²) in [6.07, 6.45) is 0.895. The second-order valence-corrected chi connectivity index (χ2v) is 4.92. The van der Waals surface area contributed by atoms with Crippen molar-refractivity contribution < 1.29 is 5.11 Å². The van der Waals surface area contributed by atoms with E-state index in [1.807, 2.05) is 0 Å². The van der Waals surface area contributed by atoms with Gasteiger partial charge < -0.3 is 5.11 Å². The first-order valence-corrected chi connectivity index (χ1v) is 6.42. The smallest absolute Gasteiger partial charge is 0.0502 e. The van der Waals surface area contributed by atoms with Gasteiger partial charge in [0.2, 0.25) is 0 Å². The summed E-state index contributed by atoms with van der Waals surface area (Å²) in [5.41, 5.74) is 5.08. The first kappa shape index (κ1) is 12.8. The predicted octanol–water partition coefficient (Wildman–Crippen LogP) is 3.62. The summed E-state index contributed by atoms with van der Waals surface area (Å²) < 4.78 is 0. The fraction of sp³-hybridized carbons (Fsp3) is 0.294. The van der Waals surface area contributed by atoms with Crippen LogP contribution in [0.25, 0.3) is 0 Å². The minimum atomic E-state index is 0.186. The highest BCUT2D eigenvalue weighted by atomic mass is 16.3. The standard InChI is InChI=1S/C17H20O/c1-13-6-5-9-16(10-13)17(12-18)11-15-8-4-3-7-14(15)2/h3-10,17-18H,11-12H2,1-2H3. The maximum absolute atomic E-state index is 9.62. The van der Waals surface area contributed by atoms with Crippen molar-refractivity contribution >= 4 is 0 Å². The molecular weight excluding hydrogens is 220 g/mol. The van der Waals surface area contributed by atoms with E-state index in [0.29, 0.717) is 0 Å². The molecule has 2 aromatic rings. The molecule has 18 heavy (non-hydrogen) atoms. The van der Waals surface area contributed by atoms with Gasteiger partial charge in [0.25, 0.3) is 0 Å². The molecule has 1 heteroatoms. The topological polar surface area (TPSA) is 20.2 Å². The van der Waals surface area contributed by atoms with Gasteiger partial charge in [0.05, 0.1) is 6.61 Å². The summed E-state index contributed by atoms with van der Waals surface area (Å²) >= 11 is 0. The Morgan fingerprint density at radius 1 is 1.00 bits per heavy atom. The molecule has 0 aliphatic rings. The normalized spacial score (nSPS) is 12.4. The van der Waals surface area contributed by atoms with Crippen molar-refractivity contribution in [3.63, 3.8) is 0 Å². The molecule has 1 N–H and O–H groups in total. The molecule has 0 radical (unpaired) electrons. The third-order valence-corrected chi connectivity index (χ3v) is 3.46. The van der Waals surface area contributed by atoms with Gasteiger partial charge >= 0.3 is 0 Å². The van der Waals surface area contributed by atoms with Gasteiger partial charge in [-0.2, -0.15) is 0 Å². The minimum Gasteiger partial charge on any atom is -0.396 e. The summed E-state index contributed by atoms with van der Waals surface area (Å²) in [5.74, 6) is 0.186. The van der Waals surface area contributed by atoms with E-state index in [0.717, 1.165) is 6.42 Å². The van der Waals surface area contributed by atoms with Gasteiger partial charge in [0, 0.05) is 5.92 Å². The van der Waals surface area contributed by atoms with Crippen LogP contribution in [0.4, 0.5) is 0 Å². The maximum Gasteiger partial charge on any atom is 0.0502 e. The molecule has 1 unspecified atom stereocenters. The highest BCUT2D eigenvalue weighted by Crippen LogP contribution is 2.23. The first-order chi connectivity index (χ1) is 8.70. The first-order valence-electron chi connectivity index (χ1n) is 6.42. The Bertz CT molecular complexity index is 517. The van der Waals surface area contributed by atoms with Crippen LogP contribution in [0.15, 0.2) is 48.5 Å². The van der Waals surface area contributed by atoms with Crippen LogP contribution in [0.3, 0.4) is 0 Å². The van der Waals surface area contributed by atoms with E-state index in [1.54, 1.807) is 0 Å². The van der Waals surface area contributed by atoms with Gasteiger partial charge in [-0.1, -0.05) is 54.1 Å². The Morgan fingerprint density at radius 2 is 1.78 bits per heavy atom. The second kappa shape index (κ2) is 5.83.